The van der Waals surface area contributed by atoms with E-state index in [1.54, 1.807) is 0 Å². The molecule has 15 heavy (non-hydrogen) atoms. The van der Waals surface area contributed by atoms with Gasteiger partial charge in [0.05, 0.1) is 0 Å². The average molecular weight is 206 g/mol. The van der Waals surface area contributed by atoms with Gasteiger partial charge in [-0.1, -0.05) is 13.3 Å². The van der Waals surface area contributed by atoms with Crippen LogP contribution < -0.4 is 10.2 Å². The largest absolute Gasteiger partial charge is 0.335 e. The quantitative estimate of drug-likeness (QED) is 0.802. The minimum Gasteiger partial charge on any atom is -0.335 e. The molecule has 1 unspecified atom stereocenters. The lowest BCUT2D eigenvalue weighted by Crippen LogP contribution is -2.52. The van der Waals surface area contributed by atoms with Crippen LogP contribution >= 0.6 is 0 Å². The first-order chi connectivity index (χ1) is 7.42. The first-order valence-electron chi connectivity index (χ1n) is 5.66. The Morgan fingerprint density at radius 2 is 2.27 bits per heavy atom. The lowest BCUT2D eigenvalue weighted by molar-refractivity contribution is 0.444. The van der Waals surface area contributed by atoms with Crippen LogP contribution in [0.25, 0.3) is 0 Å². The van der Waals surface area contributed by atoms with E-state index in [1.165, 1.54) is 12.8 Å². The number of rotatable bonds is 3. The zero-order valence-corrected chi connectivity index (χ0v) is 9.19. The lowest BCUT2D eigenvalue weighted by atomic mass is 10.1. The molecule has 4 nitrogen and oxygen atoms in total. The maximum Gasteiger partial charge on any atom is 0.225 e. The molecule has 4 heteroatoms. The molecule has 1 atom stereocenters. The van der Waals surface area contributed by atoms with E-state index in [0.29, 0.717) is 6.04 Å². The minimum absolute atomic E-state index is 0.547. The van der Waals surface area contributed by atoms with Gasteiger partial charge in [-0.25, -0.2) is 9.97 Å². The highest BCUT2D eigenvalue weighted by Crippen LogP contribution is 2.15. The molecule has 82 valence electrons. The minimum atomic E-state index is 0.547. The van der Waals surface area contributed by atoms with Crippen molar-refractivity contribution in [3.63, 3.8) is 0 Å². The van der Waals surface area contributed by atoms with Gasteiger partial charge in [-0.3, -0.25) is 0 Å². The maximum absolute atomic E-state index is 4.32. The summed E-state index contributed by atoms with van der Waals surface area (Å²) in [5.41, 5.74) is 0. The summed E-state index contributed by atoms with van der Waals surface area (Å²) in [7, 11) is 0. The summed E-state index contributed by atoms with van der Waals surface area (Å²) in [4.78, 5) is 11.0. The molecule has 1 N–H and O–H groups in total. The van der Waals surface area contributed by atoms with Gasteiger partial charge in [0.1, 0.15) is 0 Å². The van der Waals surface area contributed by atoms with E-state index >= 15 is 0 Å². The first-order valence-corrected chi connectivity index (χ1v) is 5.66. The van der Waals surface area contributed by atoms with Crippen molar-refractivity contribution in [1.29, 1.82) is 0 Å². The van der Waals surface area contributed by atoms with Crippen molar-refractivity contribution in [3.8, 4) is 0 Å². The normalized spacial score (nSPS) is 21.7. The van der Waals surface area contributed by atoms with E-state index in [4.69, 9.17) is 0 Å². The molecule has 1 aliphatic heterocycles. The van der Waals surface area contributed by atoms with Crippen molar-refractivity contribution in [1.82, 2.24) is 15.3 Å². The molecule has 2 heterocycles. The lowest BCUT2D eigenvalue weighted by Gasteiger charge is -2.36. The second-order valence-electron chi connectivity index (χ2n) is 3.89. The number of nitrogens with one attached hydrogen (secondary N) is 1. The zero-order valence-electron chi connectivity index (χ0n) is 9.19. The van der Waals surface area contributed by atoms with E-state index in [1.807, 2.05) is 18.5 Å². The number of hydrogen-bond acceptors (Lipinski definition) is 4. The predicted molar refractivity (Wildman–Crippen MR) is 60.9 cm³/mol. The molecule has 1 aromatic rings. The Kier molecular flexibility index (Phi) is 3.50. The Labute approximate surface area is 90.7 Å². The van der Waals surface area contributed by atoms with Crippen LogP contribution in [0.1, 0.15) is 19.8 Å². The van der Waals surface area contributed by atoms with Gasteiger partial charge in [0, 0.05) is 38.1 Å². The topological polar surface area (TPSA) is 41.0 Å². The van der Waals surface area contributed by atoms with Crippen LogP contribution in [0.15, 0.2) is 18.5 Å². The number of hydrogen-bond donors (Lipinski definition) is 1. The Hall–Kier alpha value is -1.16. The fourth-order valence-corrected chi connectivity index (χ4v) is 2.05. The van der Waals surface area contributed by atoms with E-state index in [0.717, 1.165) is 25.6 Å². The van der Waals surface area contributed by atoms with Gasteiger partial charge in [0.2, 0.25) is 5.95 Å². The second kappa shape index (κ2) is 5.07. The maximum atomic E-state index is 4.32. The molecular formula is C11H18N4. The van der Waals surface area contributed by atoms with Gasteiger partial charge in [0.25, 0.3) is 0 Å². The van der Waals surface area contributed by atoms with Gasteiger partial charge >= 0.3 is 0 Å². The fraction of sp³-hybridized carbons (Fsp3) is 0.636. The summed E-state index contributed by atoms with van der Waals surface area (Å²) in [6.45, 7) is 5.30. The Morgan fingerprint density at radius 1 is 1.47 bits per heavy atom. The molecule has 1 aromatic heterocycles. The molecule has 0 spiro atoms. The van der Waals surface area contributed by atoms with E-state index < -0.39 is 0 Å². The smallest absolute Gasteiger partial charge is 0.225 e. The average Bonchev–Trinajstić information content (AvgIpc) is 2.31. The van der Waals surface area contributed by atoms with Gasteiger partial charge in [0.15, 0.2) is 0 Å². The van der Waals surface area contributed by atoms with Crippen LogP contribution in [0, 0.1) is 0 Å². The Bertz CT molecular complexity index is 286. The monoisotopic (exact) mass is 206 g/mol. The van der Waals surface area contributed by atoms with E-state index in [-0.39, 0.29) is 0 Å². The highest BCUT2D eigenvalue weighted by molar-refractivity contribution is 5.31. The summed E-state index contributed by atoms with van der Waals surface area (Å²) < 4.78 is 0. The fourth-order valence-electron chi connectivity index (χ4n) is 2.05. The molecule has 0 amide bonds. The number of piperazine rings is 1. The van der Waals surface area contributed by atoms with Gasteiger partial charge < -0.3 is 10.2 Å². The molecule has 0 aliphatic carbocycles. The Morgan fingerprint density at radius 3 is 3.00 bits per heavy atom. The standard InChI is InChI=1S/C11H18N4/c1-2-4-10-9-12-7-8-15(10)11-13-5-3-6-14-11/h3,5-6,10,12H,2,4,7-9H2,1H3. The molecular weight excluding hydrogens is 188 g/mol. The SMILES string of the molecule is CCCC1CNCCN1c1ncccn1. The van der Waals surface area contributed by atoms with Crippen molar-refractivity contribution in [3.05, 3.63) is 18.5 Å². The van der Waals surface area contributed by atoms with Crippen molar-refractivity contribution < 1.29 is 0 Å². The third-order valence-electron chi connectivity index (χ3n) is 2.78. The van der Waals surface area contributed by atoms with Crippen LogP contribution in [-0.4, -0.2) is 35.6 Å². The first kappa shape index (κ1) is 10.4. The van der Waals surface area contributed by atoms with Crippen LogP contribution in [0.5, 0.6) is 0 Å². The molecule has 0 saturated carbocycles. The van der Waals surface area contributed by atoms with Crippen molar-refractivity contribution in [2.75, 3.05) is 24.5 Å². The molecule has 0 aromatic carbocycles. The molecule has 1 aliphatic rings. The van der Waals surface area contributed by atoms with Crippen LogP contribution in [0.3, 0.4) is 0 Å². The highest BCUT2D eigenvalue weighted by atomic mass is 15.3. The Balaban J connectivity index is 2.11. The third kappa shape index (κ3) is 2.45. The van der Waals surface area contributed by atoms with Crippen molar-refractivity contribution in [2.45, 2.75) is 25.8 Å². The van der Waals surface area contributed by atoms with Crippen LogP contribution in [0.2, 0.25) is 0 Å². The zero-order chi connectivity index (χ0) is 10.5. The molecule has 0 radical (unpaired) electrons. The summed E-state index contributed by atoms with van der Waals surface area (Å²) in [6.07, 6.45) is 6.03. The molecule has 0 bridgehead atoms. The van der Waals surface area contributed by atoms with Crippen LogP contribution in [0.4, 0.5) is 5.95 Å². The summed E-state index contributed by atoms with van der Waals surface area (Å²) >= 11 is 0. The number of anilines is 1. The highest BCUT2D eigenvalue weighted by Gasteiger charge is 2.22. The van der Waals surface area contributed by atoms with Gasteiger partial charge in [-0.15, -0.1) is 0 Å². The van der Waals surface area contributed by atoms with Gasteiger partial charge in [-0.2, -0.15) is 0 Å². The summed E-state index contributed by atoms with van der Waals surface area (Å²) in [5, 5.41) is 3.42. The van der Waals surface area contributed by atoms with E-state index in [2.05, 4.69) is 27.1 Å². The van der Waals surface area contributed by atoms with Crippen molar-refractivity contribution in [2.24, 2.45) is 0 Å². The molecule has 2 rings (SSSR count). The molecule has 1 fully saturated rings. The number of nitrogens with zero attached hydrogens (tertiary/aromatic N) is 3. The van der Waals surface area contributed by atoms with Gasteiger partial charge in [-0.05, 0) is 12.5 Å². The summed E-state index contributed by atoms with van der Waals surface area (Å²) in [5.74, 6) is 0.873. The molecule has 1 saturated heterocycles. The van der Waals surface area contributed by atoms with Crippen molar-refractivity contribution >= 4 is 5.95 Å². The number of aromatic nitrogens is 2. The van der Waals surface area contributed by atoms with Crippen LogP contribution in [-0.2, 0) is 0 Å². The predicted octanol–water partition coefficient (Wildman–Crippen LogP) is 1.05. The summed E-state index contributed by atoms with van der Waals surface area (Å²) in [6, 6.07) is 2.41. The van der Waals surface area contributed by atoms with E-state index in [9.17, 15) is 0 Å². The second-order valence-corrected chi connectivity index (χ2v) is 3.89. The third-order valence-corrected chi connectivity index (χ3v) is 2.78.